The van der Waals surface area contributed by atoms with E-state index >= 15 is 0 Å². The number of nitrogens with zero attached hydrogens (tertiary/aromatic N) is 1. The van der Waals surface area contributed by atoms with Gasteiger partial charge in [0.2, 0.25) is 0 Å². The van der Waals surface area contributed by atoms with Gasteiger partial charge in [-0.2, -0.15) is 0 Å². The van der Waals surface area contributed by atoms with Crippen molar-refractivity contribution in [2.45, 2.75) is 38.3 Å². The Kier molecular flexibility index (Phi) is 7.65. The van der Waals surface area contributed by atoms with Crippen LogP contribution in [0.4, 0.5) is 4.79 Å². The topological polar surface area (TPSA) is 64.6 Å². The van der Waals surface area contributed by atoms with Gasteiger partial charge in [0.15, 0.2) is 0 Å². The Morgan fingerprint density at radius 2 is 2.04 bits per heavy atom. The first-order valence-corrected chi connectivity index (χ1v) is 8.68. The lowest BCUT2D eigenvalue weighted by molar-refractivity contribution is 0.157. The number of aliphatic hydroxyl groups is 1. The first-order chi connectivity index (χ1) is 11.2. The number of carbonyl (C=O) groups excluding carboxylic acids is 1. The summed E-state index contributed by atoms with van der Waals surface area (Å²) in [7, 11) is 0. The number of benzene rings is 1. The molecule has 1 atom stereocenters. The van der Waals surface area contributed by atoms with Gasteiger partial charge in [0.05, 0.1) is 6.61 Å². The van der Waals surface area contributed by atoms with Crippen molar-refractivity contribution in [3.8, 4) is 0 Å². The molecular weight excluding hydrogens is 314 g/mol. The van der Waals surface area contributed by atoms with Gasteiger partial charge in [0.1, 0.15) is 0 Å². The highest BCUT2D eigenvalue weighted by Gasteiger charge is 2.22. The van der Waals surface area contributed by atoms with Crippen LogP contribution in [0.5, 0.6) is 0 Å². The van der Waals surface area contributed by atoms with Crippen molar-refractivity contribution < 1.29 is 9.90 Å². The van der Waals surface area contributed by atoms with Gasteiger partial charge < -0.3 is 15.7 Å². The molecule has 1 aromatic carbocycles. The van der Waals surface area contributed by atoms with Gasteiger partial charge in [0, 0.05) is 24.2 Å². The zero-order valence-corrected chi connectivity index (χ0v) is 14.2. The molecule has 0 radical (unpaired) electrons. The van der Waals surface area contributed by atoms with E-state index in [1.807, 2.05) is 24.3 Å². The van der Waals surface area contributed by atoms with E-state index in [1.165, 1.54) is 6.42 Å². The van der Waals surface area contributed by atoms with E-state index in [0.29, 0.717) is 24.2 Å². The first-order valence-electron chi connectivity index (χ1n) is 8.30. The molecule has 2 rings (SSSR count). The van der Waals surface area contributed by atoms with Crippen molar-refractivity contribution in [1.82, 2.24) is 15.5 Å². The number of unbranched alkanes of at least 4 members (excludes halogenated alkanes) is 1. The van der Waals surface area contributed by atoms with E-state index in [2.05, 4.69) is 15.5 Å². The molecule has 0 unspecified atom stereocenters. The Morgan fingerprint density at radius 1 is 1.26 bits per heavy atom. The highest BCUT2D eigenvalue weighted by atomic mass is 35.5. The summed E-state index contributed by atoms with van der Waals surface area (Å²) < 4.78 is 0. The number of likely N-dealkylation sites (tertiary alicyclic amines) is 1. The summed E-state index contributed by atoms with van der Waals surface area (Å²) in [6, 6.07) is 7.62. The molecule has 6 heteroatoms. The minimum atomic E-state index is -0.144. The van der Waals surface area contributed by atoms with Crippen molar-refractivity contribution in [3.05, 3.63) is 34.9 Å². The lowest BCUT2D eigenvalue weighted by atomic mass is 10.2. The summed E-state index contributed by atoms with van der Waals surface area (Å²) in [6.07, 6.45) is 4.26. The number of carbonyl (C=O) groups is 1. The summed E-state index contributed by atoms with van der Waals surface area (Å²) in [6.45, 7) is 3.50. The second-order valence-corrected chi connectivity index (χ2v) is 6.39. The molecule has 3 N–H and O–H groups in total. The average molecular weight is 340 g/mol. The number of halogens is 1. The van der Waals surface area contributed by atoms with Crippen molar-refractivity contribution in [1.29, 1.82) is 0 Å². The second kappa shape index (κ2) is 9.75. The Morgan fingerprint density at radius 3 is 2.78 bits per heavy atom. The van der Waals surface area contributed by atoms with E-state index in [0.717, 1.165) is 37.9 Å². The molecular formula is C17H26ClN3O2. The van der Waals surface area contributed by atoms with Crippen LogP contribution in [0.3, 0.4) is 0 Å². The van der Waals surface area contributed by atoms with E-state index in [-0.39, 0.29) is 12.6 Å². The maximum atomic E-state index is 11.7. The third-order valence-corrected chi connectivity index (χ3v) is 4.49. The van der Waals surface area contributed by atoms with Crippen molar-refractivity contribution in [2.75, 3.05) is 26.2 Å². The van der Waals surface area contributed by atoms with Crippen LogP contribution in [0.15, 0.2) is 24.3 Å². The zero-order valence-electron chi connectivity index (χ0n) is 13.4. The quantitative estimate of drug-likeness (QED) is 0.637. The van der Waals surface area contributed by atoms with Gasteiger partial charge in [0.25, 0.3) is 0 Å². The molecule has 1 saturated heterocycles. The van der Waals surface area contributed by atoms with Crippen LogP contribution in [0.25, 0.3) is 0 Å². The fourth-order valence-electron chi connectivity index (χ4n) is 2.89. The maximum Gasteiger partial charge on any atom is 0.315 e. The minimum absolute atomic E-state index is 0.144. The predicted molar refractivity (Wildman–Crippen MR) is 92.6 cm³/mol. The summed E-state index contributed by atoms with van der Waals surface area (Å²) in [5, 5.41) is 15.7. The maximum absolute atomic E-state index is 11.7. The summed E-state index contributed by atoms with van der Waals surface area (Å²) in [5.41, 5.74) is 1.02. The Labute approximate surface area is 143 Å². The van der Waals surface area contributed by atoms with Gasteiger partial charge in [-0.15, -0.1) is 0 Å². The molecule has 1 aliphatic heterocycles. The molecule has 5 nitrogen and oxygen atoms in total. The van der Waals surface area contributed by atoms with Crippen LogP contribution >= 0.6 is 11.6 Å². The highest BCUT2D eigenvalue weighted by Crippen LogP contribution is 2.16. The number of aliphatic hydroxyl groups excluding tert-OH is 1. The number of amides is 2. The molecule has 0 aliphatic carbocycles. The molecule has 23 heavy (non-hydrogen) atoms. The molecule has 128 valence electrons. The Bertz CT molecular complexity index is 481. The molecule has 0 spiro atoms. The molecule has 1 fully saturated rings. The SMILES string of the molecule is O=C(NCCCCN1CCC[C@H]1CO)NCc1ccc(Cl)cc1. The Balaban J connectivity index is 1.52. The third-order valence-electron chi connectivity index (χ3n) is 4.23. The number of urea groups is 1. The normalized spacial score (nSPS) is 18.1. The van der Waals surface area contributed by atoms with Gasteiger partial charge >= 0.3 is 6.03 Å². The predicted octanol–water partition coefficient (Wildman–Crippen LogP) is 2.38. The monoisotopic (exact) mass is 339 g/mol. The minimum Gasteiger partial charge on any atom is -0.395 e. The van der Waals surface area contributed by atoms with Crippen molar-refractivity contribution in [2.24, 2.45) is 0 Å². The summed E-state index contributed by atoms with van der Waals surface area (Å²) >= 11 is 5.82. The van der Waals surface area contributed by atoms with E-state index < -0.39 is 0 Å². The fourth-order valence-corrected chi connectivity index (χ4v) is 3.01. The second-order valence-electron chi connectivity index (χ2n) is 5.96. The third kappa shape index (κ3) is 6.37. The van der Waals surface area contributed by atoms with Crippen LogP contribution in [-0.2, 0) is 6.54 Å². The van der Waals surface area contributed by atoms with Crippen LogP contribution < -0.4 is 10.6 Å². The number of hydrogen-bond acceptors (Lipinski definition) is 3. The van der Waals surface area contributed by atoms with E-state index in [1.54, 1.807) is 0 Å². The lowest BCUT2D eigenvalue weighted by Gasteiger charge is -2.22. The number of rotatable bonds is 8. The van der Waals surface area contributed by atoms with Gasteiger partial charge in [-0.25, -0.2) is 4.79 Å². The van der Waals surface area contributed by atoms with Gasteiger partial charge in [-0.05, 0) is 56.5 Å². The molecule has 0 saturated carbocycles. The first kappa shape index (κ1) is 18.0. The lowest BCUT2D eigenvalue weighted by Crippen LogP contribution is -2.36. The molecule has 2 amide bonds. The summed E-state index contributed by atoms with van der Waals surface area (Å²) in [5.74, 6) is 0. The number of nitrogens with one attached hydrogen (secondary N) is 2. The zero-order chi connectivity index (χ0) is 16.5. The van der Waals surface area contributed by atoms with Gasteiger partial charge in [-0.3, -0.25) is 4.90 Å². The largest absolute Gasteiger partial charge is 0.395 e. The molecule has 0 bridgehead atoms. The van der Waals surface area contributed by atoms with Crippen LogP contribution in [0, 0.1) is 0 Å². The smallest absolute Gasteiger partial charge is 0.315 e. The fraction of sp³-hybridized carbons (Fsp3) is 0.588. The van der Waals surface area contributed by atoms with Crippen LogP contribution in [0.2, 0.25) is 5.02 Å². The van der Waals surface area contributed by atoms with E-state index in [4.69, 9.17) is 11.6 Å². The Hall–Kier alpha value is -1.30. The average Bonchev–Trinajstić information content (AvgIpc) is 3.01. The van der Waals surface area contributed by atoms with Crippen molar-refractivity contribution >= 4 is 17.6 Å². The van der Waals surface area contributed by atoms with Crippen LogP contribution in [-0.4, -0.2) is 48.3 Å². The van der Waals surface area contributed by atoms with Crippen molar-refractivity contribution in [3.63, 3.8) is 0 Å². The molecule has 1 heterocycles. The van der Waals surface area contributed by atoms with Gasteiger partial charge in [-0.1, -0.05) is 23.7 Å². The molecule has 1 aromatic rings. The van der Waals surface area contributed by atoms with Crippen LogP contribution in [0.1, 0.15) is 31.2 Å². The summed E-state index contributed by atoms with van der Waals surface area (Å²) in [4.78, 5) is 14.1. The standard InChI is InChI=1S/C17H26ClN3O2/c18-15-7-5-14(6-8-15)12-20-17(23)19-9-1-2-10-21-11-3-4-16(21)13-22/h5-8,16,22H,1-4,9-13H2,(H2,19,20,23)/t16-/m0/s1. The van der Waals surface area contributed by atoms with E-state index in [9.17, 15) is 9.90 Å². The highest BCUT2D eigenvalue weighted by molar-refractivity contribution is 6.30. The molecule has 1 aliphatic rings. The molecule has 0 aromatic heterocycles. The number of hydrogen-bond donors (Lipinski definition) is 3.